The number of anilines is 1. The molecular weight excluding hydrogens is 330 g/mol. The van der Waals surface area contributed by atoms with Gasteiger partial charge in [-0.1, -0.05) is 20.8 Å². The molecule has 2 aromatic rings. The number of carbonyl (C=O) groups excluding carboxylic acids is 1. The van der Waals surface area contributed by atoms with Crippen molar-refractivity contribution >= 4 is 22.8 Å². The van der Waals surface area contributed by atoms with Gasteiger partial charge in [0.2, 0.25) is 5.91 Å². The Morgan fingerprint density at radius 3 is 2.54 bits per heavy atom. The SMILES string of the molecule is CCCc1nc2c(N)nc(C)c(C)c2n1CCOCCC(C)(C)C(N)=O. The first kappa shape index (κ1) is 20.2. The highest BCUT2D eigenvalue weighted by molar-refractivity contribution is 5.88. The third-order valence-corrected chi connectivity index (χ3v) is 4.95. The number of nitrogen functional groups attached to an aromatic ring is 1. The van der Waals surface area contributed by atoms with Crippen LogP contribution in [0, 0.1) is 19.3 Å². The Kier molecular flexibility index (Phi) is 6.23. The molecule has 1 amide bonds. The molecule has 0 fully saturated rings. The Bertz CT molecular complexity index is 795. The molecule has 0 spiro atoms. The lowest BCUT2D eigenvalue weighted by molar-refractivity contribution is -0.127. The number of hydrogen-bond acceptors (Lipinski definition) is 5. The second-order valence-electron chi connectivity index (χ2n) is 7.44. The van der Waals surface area contributed by atoms with Crippen molar-refractivity contribution in [1.82, 2.24) is 14.5 Å². The summed E-state index contributed by atoms with van der Waals surface area (Å²) in [5.41, 5.74) is 14.8. The van der Waals surface area contributed by atoms with E-state index in [9.17, 15) is 4.79 Å². The molecule has 2 rings (SSSR count). The third-order valence-electron chi connectivity index (χ3n) is 4.95. The maximum absolute atomic E-state index is 11.4. The van der Waals surface area contributed by atoms with Gasteiger partial charge in [-0.2, -0.15) is 0 Å². The number of aryl methyl sites for hydroxylation is 3. The van der Waals surface area contributed by atoms with E-state index in [-0.39, 0.29) is 5.91 Å². The topological polar surface area (TPSA) is 109 Å². The van der Waals surface area contributed by atoms with Crippen LogP contribution < -0.4 is 11.5 Å². The van der Waals surface area contributed by atoms with Crippen molar-refractivity contribution in [3.05, 3.63) is 17.1 Å². The van der Waals surface area contributed by atoms with Crippen LogP contribution in [0.2, 0.25) is 0 Å². The van der Waals surface area contributed by atoms with Gasteiger partial charge in [0.1, 0.15) is 11.3 Å². The van der Waals surface area contributed by atoms with E-state index in [1.165, 1.54) is 0 Å². The predicted molar refractivity (Wildman–Crippen MR) is 104 cm³/mol. The second kappa shape index (κ2) is 8.03. The van der Waals surface area contributed by atoms with Gasteiger partial charge in [-0.3, -0.25) is 4.79 Å². The number of hydrogen-bond donors (Lipinski definition) is 2. The summed E-state index contributed by atoms with van der Waals surface area (Å²) in [6.07, 6.45) is 2.48. The lowest BCUT2D eigenvalue weighted by Gasteiger charge is -2.20. The molecule has 0 saturated heterocycles. The van der Waals surface area contributed by atoms with Crippen molar-refractivity contribution in [1.29, 1.82) is 0 Å². The molecule has 7 nitrogen and oxygen atoms in total. The largest absolute Gasteiger partial charge is 0.382 e. The summed E-state index contributed by atoms with van der Waals surface area (Å²) < 4.78 is 7.97. The first-order valence-electron chi connectivity index (χ1n) is 9.18. The van der Waals surface area contributed by atoms with Gasteiger partial charge < -0.3 is 20.8 Å². The first-order chi connectivity index (χ1) is 12.2. The summed E-state index contributed by atoms with van der Waals surface area (Å²) in [6.45, 7) is 11.5. The van der Waals surface area contributed by atoms with Crippen LogP contribution in [-0.2, 0) is 22.5 Å². The molecule has 2 heterocycles. The van der Waals surface area contributed by atoms with Gasteiger partial charge in [-0.15, -0.1) is 0 Å². The van der Waals surface area contributed by atoms with Crippen LogP contribution >= 0.6 is 0 Å². The third kappa shape index (κ3) is 4.15. The monoisotopic (exact) mass is 361 g/mol. The molecule has 0 atom stereocenters. The lowest BCUT2D eigenvalue weighted by atomic mass is 9.89. The van der Waals surface area contributed by atoms with Crippen LogP contribution in [0.4, 0.5) is 5.82 Å². The van der Waals surface area contributed by atoms with Crippen molar-refractivity contribution in [2.24, 2.45) is 11.1 Å². The van der Waals surface area contributed by atoms with Gasteiger partial charge in [-0.05, 0) is 32.3 Å². The normalized spacial score (nSPS) is 12.0. The van der Waals surface area contributed by atoms with Crippen LogP contribution in [0.25, 0.3) is 11.0 Å². The molecule has 0 aliphatic heterocycles. The Morgan fingerprint density at radius 2 is 1.92 bits per heavy atom. The summed E-state index contributed by atoms with van der Waals surface area (Å²) in [7, 11) is 0. The summed E-state index contributed by atoms with van der Waals surface area (Å²) in [4.78, 5) is 20.5. The quantitative estimate of drug-likeness (QED) is 0.667. The maximum atomic E-state index is 11.4. The van der Waals surface area contributed by atoms with Crippen molar-refractivity contribution in [2.75, 3.05) is 18.9 Å². The molecule has 144 valence electrons. The summed E-state index contributed by atoms with van der Waals surface area (Å²) in [5.74, 6) is 1.18. The molecule has 0 bridgehead atoms. The van der Waals surface area contributed by atoms with Crippen LogP contribution in [0.1, 0.15) is 50.7 Å². The average Bonchev–Trinajstić information content (AvgIpc) is 2.92. The minimum absolute atomic E-state index is 0.305. The van der Waals surface area contributed by atoms with Gasteiger partial charge in [0.15, 0.2) is 5.82 Å². The van der Waals surface area contributed by atoms with E-state index >= 15 is 0 Å². The molecule has 0 aromatic carbocycles. The van der Waals surface area contributed by atoms with Gasteiger partial charge in [0, 0.05) is 30.7 Å². The van der Waals surface area contributed by atoms with Gasteiger partial charge in [0.05, 0.1) is 12.1 Å². The number of nitrogens with two attached hydrogens (primary N) is 2. The Morgan fingerprint density at radius 1 is 1.23 bits per heavy atom. The van der Waals surface area contributed by atoms with E-state index in [1.807, 2.05) is 27.7 Å². The van der Waals surface area contributed by atoms with Crippen molar-refractivity contribution in [3.63, 3.8) is 0 Å². The number of imidazole rings is 1. The molecule has 0 aliphatic carbocycles. The fraction of sp³-hybridized carbons (Fsp3) is 0.632. The molecule has 7 heteroatoms. The summed E-state index contributed by atoms with van der Waals surface area (Å²) in [6, 6.07) is 0. The van der Waals surface area contributed by atoms with Crippen molar-refractivity contribution in [3.8, 4) is 0 Å². The van der Waals surface area contributed by atoms with Crippen molar-refractivity contribution in [2.45, 2.75) is 60.4 Å². The lowest BCUT2D eigenvalue weighted by Crippen LogP contribution is -2.32. The minimum Gasteiger partial charge on any atom is -0.382 e. The number of primary amides is 1. The van der Waals surface area contributed by atoms with E-state index in [2.05, 4.69) is 16.5 Å². The van der Waals surface area contributed by atoms with Gasteiger partial charge in [-0.25, -0.2) is 9.97 Å². The van der Waals surface area contributed by atoms with E-state index in [4.69, 9.17) is 21.2 Å². The second-order valence-corrected chi connectivity index (χ2v) is 7.44. The zero-order valence-corrected chi connectivity index (χ0v) is 16.6. The summed E-state index contributed by atoms with van der Waals surface area (Å²) in [5, 5.41) is 0. The van der Waals surface area contributed by atoms with E-state index in [1.54, 1.807) is 0 Å². The number of rotatable bonds is 9. The Balaban J connectivity index is 2.15. The Hall–Kier alpha value is -2.15. The zero-order chi connectivity index (χ0) is 19.5. The number of ether oxygens (including phenoxy) is 1. The number of carbonyl (C=O) groups is 1. The smallest absolute Gasteiger partial charge is 0.223 e. The van der Waals surface area contributed by atoms with Gasteiger partial charge >= 0.3 is 0 Å². The minimum atomic E-state index is -0.553. The molecule has 26 heavy (non-hydrogen) atoms. The molecule has 2 aromatic heterocycles. The predicted octanol–water partition coefficient (Wildman–Crippen LogP) is 2.50. The zero-order valence-electron chi connectivity index (χ0n) is 16.6. The number of nitrogens with zero attached hydrogens (tertiary/aromatic N) is 3. The number of pyridine rings is 1. The van der Waals surface area contributed by atoms with Crippen molar-refractivity contribution < 1.29 is 9.53 Å². The number of amides is 1. The molecule has 0 unspecified atom stereocenters. The average molecular weight is 361 g/mol. The first-order valence-corrected chi connectivity index (χ1v) is 9.18. The summed E-state index contributed by atoms with van der Waals surface area (Å²) >= 11 is 0. The highest BCUT2D eigenvalue weighted by Crippen LogP contribution is 2.26. The van der Waals surface area contributed by atoms with Crippen LogP contribution in [0.5, 0.6) is 0 Å². The van der Waals surface area contributed by atoms with Crippen LogP contribution in [0.15, 0.2) is 0 Å². The number of aromatic nitrogens is 3. The molecular formula is C19H31N5O2. The van der Waals surface area contributed by atoms with E-state index in [0.717, 1.165) is 41.0 Å². The van der Waals surface area contributed by atoms with Gasteiger partial charge in [0.25, 0.3) is 0 Å². The number of fused-ring (bicyclic) bond motifs is 1. The van der Waals surface area contributed by atoms with E-state index in [0.29, 0.717) is 32.0 Å². The fourth-order valence-electron chi connectivity index (χ4n) is 2.91. The molecule has 0 aliphatic rings. The molecule has 0 saturated carbocycles. The maximum Gasteiger partial charge on any atom is 0.223 e. The highest BCUT2D eigenvalue weighted by atomic mass is 16.5. The van der Waals surface area contributed by atoms with E-state index < -0.39 is 5.41 Å². The molecule has 0 radical (unpaired) electrons. The van der Waals surface area contributed by atoms with Crippen LogP contribution in [-0.4, -0.2) is 33.7 Å². The Labute approximate surface area is 155 Å². The fourth-order valence-corrected chi connectivity index (χ4v) is 2.91. The standard InChI is InChI=1S/C19H31N5O2/c1-6-7-14-23-15-16(12(2)13(3)22-17(15)20)24(14)9-11-26-10-8-19(4,5)18(21)25/h6-11H2,1-5H3,(H2,20,22)(H2,21,25). The highest BCUT2D eigenvalue weighted by Gasteiger charge is 2.24. The molecule has 4 N–H and O–H groups in total. The van der Waals surface area contributed by atoms with Crippen LogP contribution in [0.3, 0.4) is 0 Å².